The predicted octanol–water partition coefficient (Wildman–Crippen LogP) is 3.81. The summed E-state index contributed by atoms with van der Waals surface area (Å²) in [6.45, 7) is 0.937. The summed E-state index contributed by atoms with van der Waals surface area (Å²) in [6, 6.07) is 8.51. The fourth-order valence-corrected chi connectivity index (χ4v) is 5.62. The molecule has 0 unspecified atom stereocenters. The summed E-state index contributed by atoms with van der Waals surface area (Å²) in [7, 11) is 1.49. The second-order valence-electron chi connectivity index (χ2n) is 9.09. The van der Waals surface area contributed by atoms with Gasteiger partial charge in [-0.3, -0.25) is 9.69 Å². The van der Waals surface area contributed by atoms with E-state index < -0.39 is 12.1 Å². The standard InChI is InChI=1S/C25H29NO6/c1-31-24-12-17-18(11-23(24)29)20-10-16(9-15-4-2-3-7-26(15)20)32-25(30)13-22(28)14-5-6-21(27)19(17)8-14/h5-6,8,11-12,15-16,20,22,27-29H,2-4,7,9-10,13H2,1H3/t15-,16-,20-,22+/m0/s1. The summed E-state index contributed by atoms with van der Waals surface area (Å²) in [4.78, 5) is 15.1. The first kappa shape index (κ1) is 21.1. The maximum absolute atomic E-state index is 12.6. The molecule has 3 aliphatic heterocycles. The number of methoxy groups -OCH3 is 1. The Morgan fingerprint density at radius 1 is 1.06 bits per heavy atom. The first-order valence-electron chi connectivity index (χ1n) is 11.3. The molecule has 2 fully saturated rings. The van der Waals surface area contributed by atoms with Gasteiger partial charge >= 0.3 is 5.97 Å². The minimum absolute atomic E-state index is 0.0294. The fourth-order valence-electron chi connectivity index (χ4n) is 5.62. The minimum Gasteiger partial charge on any atom is -0.507 e. The van der Waals surface area contributed by atoms with Crippen molar-refractivity contribution in [1.29, 1.82) is 0 Å². The van der Waals surface area contributed by atoms with E-state index in [1.807, 2.05) is 0 Å². The number of carbonyl (C=O) groups is 1. The van der Waals surface area contributed by atoms with Crippen molar-refractivity contribution < 1.29 is 29.6 Å². The van der Waals surface area contributed by atoms with Gasteiger partial charge in [-0.05, 0) is 60.3 Å². The summed E-state index contributed by atoms with van der Waals surface area (Å²) in [5.41, 5.74) is 2.67. The molecule has 7 heteroatoms. The first-order chi connectivity index (χ1) is 15.4. The number of aromatic hydroxyl groups is 2. The van der Waals surface area contributed by atoms with E-state index in [-0.39, 0.29) is 36.1 Å². The molecule has 0 amide bonds. The van der Waals surface area contributed by atoms with Crippen molar-refractivity contribution in [2.45, 2.75) is 62.8 Å². The van der Waals surface area contributed by atoms with Crippen LogP contribution >= 0.6 is 0 Å². The summed E-state index contributed by atoms with van der Waals surface area (Å²) in [6.07, 6.45) is 3.20. The second kappa shape index (κ2) is 8.30. The van der Waals surface area contributed by atoms with Crippen LogP contribution < -0.4 is 4.74 Å². The highest BCUT2D eigenvalue weighted by molar-refractivity contribution is 5.78. The summed E-state index contributed by atoms with van der Waals surface area (Å²) < 4.78 is 11.2. The molecule has 32 heavy (non-hydrogen) atoms. The number of aliphatic hydroxyl groups is 1. The molecule has 0 radical (unpaired) electrons. The van der Waals surface area contributed by atoms with E-state index in [1.54, 1.807) is 24.3 Å². The van der Waals surface area contributed by atoms with Gasteiger partial charge in [0.1, 0.15) is 11.9 Å². The molecule has 0 aromatic heterocycles. The number of carbonyl (C=O) groups excluding carboxylic acids is 1. The molecule has 0 spiro atoms. The third kappa shape index (κ3) is 3.69. The molecule has 2 aromatic carbocycles. The van der Waals surface area contributed by atoms with E-state index >= 15 is 0 Å². The normalized spacial score (nSPS) is 27.9. The Morgan fingerprint density at radius 2 is 1.91 bits per heavy atom. The molecule has 2 aromatic rings. The van der Waals surface area contributed by atoms with Gasteiger partial charge < -0.3 is 24.8 Å². The third-order valence-corrected chi connectivity index (χ3v) is 7.16. The number of ether oxygens (including phenoxy) is 2. The Morgan fingerprint density at radius 3 is 2.72 bits per heavy atom. The molecule has 0 saturated carbocycles. The maximum Gasteiger partial charge on any atom is 0.309 e. The molecule has 4 atom stereocenters. The predicted molar refractivity (Wildman–Crippen MR) is 118 cm³/mol. The van der Waals surface area contributed by atoms with Crippen molar-refractivity contribution in [3.8, 4) is 28.4 Å². The number of aliphatic hydroxyl groups excluding tert-OH is 1. The molecule has 3 aliphatic rings. The number of esters is 1. The number of rotatable bonds is 1. The molecule has 7 nitrogen and oxygen atoms in total. The summed E-state index contributed by atoms with van der Waals surface area (Å²) in [5, 5.41) is 32.1. The van der Waals surface area contributed by atoms with Crippen LogP contribution in [0.5, 0.6) is 17.2 Å². The average molecular weight is 440 g/mol. The van der Waals surface area contributed by atoms with Crippen molar-refractivity contribution in [2.75, 3.05) is 13.7 Å². The Hall–Kier alpha value is -2.77. The average Bonchev–Trinajstić information content (AvgIpc) is 2.78. The van der Waals surface area contributed by atoms with E-state index in [2.05, 4.69) is 4.90 Å². The van der Waals surface area contributed by atoms with Crippen LogP contribution in [0.4, 0.5) is 0 Å². The lowest BCUT2D eigenvalue weighted by molar-refractivity contribution is -0.157. The highest BCUT2D eigenvalue weighted by Crippen LogP contribution is 2.48. The molecular weight excluding hydrogens is 410 g/mol. The monoisotopic (exact) mass is 439 g/mol. The second-order valence-corrected chi connectivity index (χ2v) is 9.09. The molecule has 2 saturated heterocycles. The van der Waals surface area contributed by atoms with Crippen molar-refractivity contribution in [1.82, 2.24) is 4.90 Å². The highest BCUT2D eigenvalue weighted by Gasteiger charge is 2.41. The number of phenols is 2. The van der Waals surface area contributed by atoms with Crippen LogP contribution in [0.25, 0.3) is 11.1 Å². The topological polar surface area (TPSA) is 99.5 Å². The van der Waals surface area contributed by atoms with E-state index in [9.17, 15) is 20.1 Å². The van der Waals surface area contributed by atoms with Crippen LogP contribution in [-0.2, 0) is 9.53 Å². The van der Waals surface area contributed by atoms with Crippen molar-refractivity contribution >= 4 is 5.97 Å². The molecular formula is C25H29NO6. The number of nitrogens with zero attached hydrogens (tertiary/aromatic N) is 1. The molecule has 4 bridgehead atoms. The zero-order chi connectivity index (χ0) is 22.4. The van der Waals surface area contributed by atoms with Crippen molar-refractivity contribution in [3.05, 3.63) is 41.5 Å². The number of fused-ring (bicyclic) bond motifs is 9. The highest BCUT2D eigenvalue weighted by atomic mass is 16.5. The van der Waals surface area contributed by atoms with Gasteiger partial charge in [0.15, 0.2) is 11.5 Å². The smallest absolute Gasteiger partial charge is 0.309 e. The van der Waals surface area contributed by atoms with Gasteiger partial charge in [0.05, 0.1) is 19.6 Å². The zero-order valence-electron chi connectivity index (χ0n) is 18.2. The number of phenolic OH excluding ortho intramolecular Hbond substituents is 2. The molecule has 170 valence electrons. The van der Waals surface area contributed by atoms with Gasteiger partial charge in [0.2, 0.25) is 0 Å². The van der Waals surface area contributed by atoms with Crippen molar-refractivity contribution in [2.24, 2.45) is 0 Å². The largest absolute Gasteiger partial charge is 0.507 e. The zero-order valence-corrected chi connectivity index (χ0v) is 18.2. The molecule has 5 rings (SSSR count). The fraction of sp³-hybridized carbons (Fsp3) is 0.480. The number of hydrogen-bond acceptors (Lipinski definition) is 7. The van der Waals surface area contributed by atoms with Gasteiger partial charge in [0.25, 0.3) is 0 Å². The van der Waals surface area contributed by atoms with Crippen LogP contribution in [0, 0.1) is 0 Å². The van der Waals surface area contributed by atoms with Gasteiger partial charge in [-0.15, -0.1) is 0 Å². The van der Waals surface area contributed by atoms with Gasteiger partial charge in [-0.1, -0.05) is 12.5 Å². The van der Waals surface area contributed by atoms with E-state index in [0.717, 1.165) is 43.4 Å². The lowest BCUT2D eigenvalue weighted by Gasteiger charge is -2.48. The first-order valence-corrected chi connectivity index (χ1v) is 11.3. The van der Waals surface area contributed by atoms with Crippen LogP contribution in [0.2, 0.25) is 0 Å². The molecule has 3 heterocycles. The number of piperidine rings is 2. The van der Waals surface area contributed by atoms with E-state index in [1.165, 1.54) is 13.2 Å². The Balaban J connectivity index is 1.74. The van der Waals surface area contributed by atoms with Gasteiger partial charge in [-0.2, -0.15) is 0 Å². The Kier molecular flexibility index (Phi) is 5.47. The van der Waals surface area contributed by atoms with E-state index in [0.29, 0.717) is 23.3 Å². The quantitative estimate of drug-likeness (QED) is 0.581. The van der Waals surface area contributed by atoms with Crippen LogP contribution in [0.1, 0.15) is 61.8 Å². The Bertz CT molecular complexity index is 1040. The van der Waals surface area contributed by atoms with Crippen LogP contribution in [0.15, 0.2) is 30.3 Å². The van der Waals surface area contributed by atoms with Gasteiger partial charge in [-0.25, -0.2) is 0 Å². The van der Waals surface area contributed by atoms with Crippen molar-refractivity contribution in [3.63, 3.8) is 0 Å². The summed E-state index contributed by atoms with van der Waals surface area (Å²) in [5.74, 6) is -0.00693. The summed E-state index contributed by atoms with van der Waals surface area (Å²) >= 11 is 0. The van der Waals surface area contributed by atoms with Crippen LogP contribution in [-0.4, -0.2) is 52.0 Å². The molecule has 3 N–H and O–H groups in total. The van der Waals surface area contributed by atoms with Gasteiger partial charge in [0, 0.05) is 30.5 Å². The lowest BCUT2D eigenvalue weighted by atomic mass is 9.81. The van der Waals surface area contributed by atoms with E-state index in [4.69, 9.17) is 9.47 Å². The number of benzene rings is 2. The Labute approximate surface area is 187 Å². The maximum atomic E-state index is 12.6. The lowest BCUT2D eigenvalue weighted by Crippen LogP contribution is -2.49. The third-order valence-electron chi connectivity index (χ3n) is 7.16. The minimum atomic E-state index is -1.03. The van der Waals surface area contributed by atoms with Crippen LogP contribution in [0.3, 0.4) is 0 Å². The SMILES string of the molecule is COc1cc2c(cc1O)[C@@H]1C[C@H](C[C@@H]3CCCCN31)OC(=O)C[C@@H](O)c1ccc(O)c-2c1. The molecule has 0 aliphatic carbocycles. The number of hydrogen-bond donors (Lipinski definition) is 3.